The quantitative estimate of drug-likeness (QED) is 0.491. The second-order valence-corrected chi connectivity index (χ2v) is 5.73. The molecule has 0 saturated heterocycles. The maximum absolute atomic E-state index is 4.19. The van der Waals surface area contributed by atoms with Crippen molar-refractivity contribution in [2.24, 2.45) is 4.99 Å². The molecule has 3 heteroatoms. The molecule has 2 heterocycles. The Morgan fingerprint density at radius 2 is 1.64 bits per heavy atom. The number of nitrogens with zero attached hydrogens (tertiary/aromatic N) is 2. The van der Waals surface area contributed by atoms with Gasteiger partial charge in [0.2, 0.25) is 0 Å². The summed E-state index contributed by atoms with van der Waals surface area (Å²) in [6.07, 6.45) is 6.81. The van der Waals surface area contributed by atoms with Gasteiger partial charge in [0.05, 0.1) is 27.3 Å². The lowest BCUT2D eigenvalue weighted by Crippen LogP contribution is -2.22. The van der Waals surface area contributed by atoms with Crippen LogP contribution in [0.4, 0.5) is 0 Å². The van der Waals surface area contributed by atoms with Gasteiger partial charge in [-0.3, -0.25) is 0 Å². The van der Waals surface area contributed by atoms with Gasteiger partial charge in [0.15, 0.2) is 0 Å². The van der Waals surface area contributed by atoms with E-state index in [0.29, 0.717) is 0 Å². The van der Waals surface area contributed by atoms with Gasteiger partial charge in [-0.15, -0.1) is 17.1 Å². The van der Waals surface area contributed by atoms with Crippen molar-refractivity contribution < 1.29 is 0 Å². The molecule has 0 radical (unpaired) electrons. The molecule has 0 N–H and O–H groups in total. The van der Waals surface area contributed by atoms with E-state index in [4.69, 9.17) is 0 Å². The van der Waals surface area contributed by atoms with E-state index in [1.165, 1.54) is 11.1 Å². The Bertz CT molecular complexity index is 847. The van der Waals surface area contributed by atoms with E-state index < -0.39 is 0 Å². The second-order valence-electron chi connectivity index (χ2n) is 4.84. The summed E-state index contributed by atoms with van der Waals surface area (Å²) in [6, 6.07) is 16.1. The predicted molar refractivity (Wildman–Crippen MR) is 111 cm³/mol. The number of allylic oxidation sites excluding steroid dienone is 1. The number of benzene rings is 2. The fourth-order valence-electron chi connectivity index (χ4n) is 1.84. The van der Waals surface area contributed by atoms with Crippen LogP contribution in [0.15, 0.2) is 77.0 Å². The molecular formula is C22H26N2S. The zero-order valence-electron chi connectivity index (χ0n) is 15.4. The highest BCUT2D eigenvalue weighted by atomic mass is 32.1. The van der Waals surface area contributed by atoms with Crippen molar-refractivity contribution in [3.05, 3.63) is 82.6 Å². The fourth-order valence-corrected chi connectivity index (χ4v) is 2.52. The van der Waals surface area contributed by atoms with Crippen LogP contribution >= 0.6 is 11.3 Å². The van der Waals surface area contributed by atoms with Crippen molar-refractivity contribution in [1.82, 2.24) is 4.98 Å². The van der Waals surface area contributed by atoms with Crippen LogP contribution in [0.3, 0.4) is 0 Å². The molecule has 1 aliphatic rings. The summed E-state index contributed by atoms with van der Waals surface area (Å²) in [5.74, 6) is 0. The van der Waals surface area contributed by atoms with Gasteiger partial charge >= 0.3 is 0 Å². The summed E-state index contributed by atoms with van der Waals surface area (Å²) in [4.78, 5) is 8.33. The molecule has 130 valence electrons. The summed E-state index contributed by atoms with van der Waals surface area (Å²) in [5, 5.41) is 2.16. The van der Waals surface area contributed by atoms with Crippen molar-refractivity contribution >= 4 is 27.6 Å². The minimum atomic E-state index is 1.01. The number of rotatable bonds is 0. The van der Waals surface area contributed by atoms with E-state index in [1.807, 2.05) is 74.0 Å². The standard InChI is InChI=1S/C10H7N.C7H5NS.C3H8.C2H6/c1-2-7-10-9(5-1)6-3-4-8-11-10;1-2-4-7-6(3-1)8-5-9-7;1-3-2;1-2/h1-3,5-8H;1-5H;3H2,1-2H3;1-2H3. The van der Waals surface area contributed by atoms with E-state index in [9.17, 15) is 0 Å². The van der Waals surface area contributed by atoms with Crippen LogP contribution < -0.4 is 10.6 Å². The summed E-state index contributed by atoms with van der Waals surface area (Å²) in [7, 11) is 0. The van der Waals surface area contributed by atoms with Crippen molar-refractivity contribution in [2.45, 2.75) is 34.1 Å². The normalized spacial score (nSPS) is 10.2. The zero-order valence-corrected chi connectivity index (χ0v) is 16.3. The van der Waals surface area contributed by atoms with E-state index >= 15 is 0 Å². The molecular weight excluding hydrogens is 324 g/mol. The zero-order chi connectivity index (χ0) is 18.3. The number of para-hydroxylation sites is 2. The molecule has 0 spiro atoms. The van der Waals surface area contributed by atoms with Crippen molar-refractivity contribution in [3.8, 4) is 0 Å². The third-order valence-corrected chi connectivity index (χ3v) is 3.62. The molecule has 2 aromatic carbocycles. The van der Waals surface area contributed by atoms with Crippen molar-refractivity contribution in [2.75, 3.05) is 0 Å². The largest absolute Gasteiger partial charge is 0.248 e. The highest BCUT2D eigenvalue weighted by molar-refractivity contribution is 7.16. The lowest BCUT2D eigenvalue weighted by atomic mass is 10.3. The Morgan fingerprint density at radius 1 is 0.960 bits per heavy atom. The third kappa shape index (κ3) is 7.30. The van der Waals surface area contributed by atoms with Gasteiger partial charge in [0, 0.05) is 5.22 Å². The Balaban J connectivity index is 0.000000202. The number of hydrogen-bond acceptors (Lipinski definition) is 3. The first-order valence-electron chi connectivity index (χ1n) is 8.67. The first-order chi connectivity index (χ1) is 12.3. The summed E-state index contributed by atoms with van der Waals surface area (Å²) >= 11 is 1.68. The van der Waals surface area contributed by atoms with E-state index in [1.54, 1.807) is 17.5 Å². The van der Waals surface area contributed by atoms with Crippen LogP contribution in [0.2, 0.25) is 0 Å². The van der Waals surface area contributed by atoms with Crippen LogP contribution in [0.5, 0.6) is 0 Å². The van der Waals surface area contributed by atoms with Crippen LogP contribution in [0, 0.1) is 0 Å². The number of aromatic nitrogens is 1. The molecule has 1 aromatic heterocycles. The molecule has 0 aliphatic carbocycles. The average molecular weight is 351 g/mol. The summed E-state index contributed by atoms with van der Waals surface area (Å²) in [6.45, 7) is 8.25. The first kappa shape index (κ1) is 20.6. The maximum Gasteiger partial charge on any atom is 0.0812 e. The molecule has 0 atom stereocenters. The van der Waals surface area contributed by atoms with Crippen LogP contribution in [0.25, 0.3) is 16.3 Å². The smallest absolute Gasteiger partial charge is 0.0812 e. The van der Waals surface area contributed by atoms with Gasteiger partial charge in [-0.2, -0.15) is 0 Å². The molecule has 0 fully saturated rings. The minimum Gasteiger partial charge on any atom is -0.248 e. The van der Waals surface area contributed by atoms with Crippen molar-refractivity contribution in [1.29, 1.82) is 0 Å². The van der Waals surface area contributed by atoms with E-state index in [2.05, 4.69) is 35.6 Å². The van der Waals surface area contributed by atoms with Gasteiger partial charge in [-0.25, -0.2) is 9.98 Å². The van der Waals surface area contributed by atoms with E-state index in [-0.39, 0.29) is 0 Å². The number of hydrogen-bond donors (Lipinski definition) is 0. The van der Waals surface area contributed by atoms with Crippen LogP contribution in [0.1, 0.15) is 34.1 Å². The Morgan fingerprint density at radius 3 is 2.40 bits per heavy atom. The average Bonchev–Trinajstić information content (AvgIpc) is 3.02. The Hall–Kier alpha value is -2.48. The van der Waals surface area contributed by atoms with Crippen LogP contribution in [-0.4, -0.2) is 4.98 Å². The van der Waals surface area contributed by atoms with Gasteiger partial charge in [0.25, 0.3) is 0 Å². The third-order valence-electron chi connectivity index (χ3n) is 2.81. The summed E-state index contributed by atoms with van der Waals surface area (Å²) in [5.41, 5.74) is 5.89. The molecule has 25 heavy (non-hydrogen) atoms. The molecule has 0 amide bonds. The Labute approximate surface area is 154 Å². The van der Waals surface area contributed by atoms with Crippen LogP contribution in [-0.2, 0) is 0 Å². The predicted octanol–water partition coefficient (Wildman–Crippen LogP) is 5.51. The number of fused-ring (bicyclic) bond motifs is 2. The molecule has 1 aliphatic heterocycles. The monoisotopic (exact) mass is 350 g/mol. The minimum absolute atomic E-state index is 1.01. The van der Waals surface area contributed by atoms with Crippen molar-refractivity contribution in [3.63, 3.8) is 0 Å². The van der Waals surface area contributed by atoms with Gasteiger partial charge in [0.1, 0.15) is 0 Å². The topological polar surface area (TPSA) is 25.2 Å². The molecule has 0 saturated carbocycles. The van der Waals surface area contributed by atoms with Gasteiger partial charge < -0.3 is 0 Å². The van der Waals surface area contributed by atoms with Gasteiger partial charge in [-0.1, -0.05) is 64.4 Å². The highest BCUT2D eigenvalue weighted by Gasteiger charge is 1.89. The summed E-state index contributed by atoms with van der Waals surface area (Å²) < 4.78 is 1.26. The fraction of sp³-hybridized carbons (Fsp3) is 0.227. The first-order valence-corrected chi connectivity index (χ1v) is 9.55. The van der Waals surface area contributed by atoms with E-state index in [0.717, 1.165) is 16.1 Å². The molecule has 3 aromatic rings. The molecule has 0 bridgehead atoms. The Kier molecular flexibility index (Phi) is 10.6. The van der Waals surface area contributed by atoms with Gasteiger partial charge in [-0.05, 0) is 30.4 Å². The maximum atomic E-state index is 4.19. The highest BCUT2D eigenvalue weighted by Crippen LogP contribution is 2.15. The molecule has 0 unspecified atom stereocenters. The number of thiazole rings is 1. The molecule has 4 rings (SSSR count). The second kappa shape index (κ2) is 12.9. The SMILES string of the molecule is C1=CC=c2ccccc2=NC=1.CC.CCC.c1ccc2scnc2c1. The lowest BCUT2D eigenvalue weighted by Gasteiger charge is -1.83. The molecule has 2 nitrogen and oxygen atoms in total. The lowest BCUT2D eigenvalue weighted by molar-refractivity contribution is 1.09.